The summed E-state index contributed by atoms with van der Waals surface area (Å²) in [5.41, 5.74) is 1.47. The molecule has 0 spiro atoms. The number of nitrogens with one attached hydrogen (secondary N) is 1. The first-order valence-corrected chi connectivity index (χ1v) is 8.33. The maximum Gasteiger partial charge on any atom is 0.234 e. The second kappa shape index (κ2) is 7.67. The summed E-state index contributed by atoms with van der Waals surface area (Å²) in [4.78, 5) is 16.0. The van der Waals surface area contributed by atoms with Crippen molar-refractivity contribution in [3.8, 4) is 17.1 Å². The average molecular weight is 356 g/mol. The minimum absolute atomic E-state index is 0.156. The van der Waals surface area contributed by atoms with Crippen LogP contribution in [-0.2, 0) is 4.79 Å². The third-order valence-electron chi connectivity index (χ3n) is 3.29. The normalized spacial score (nSPS) is 10.4. The van der Waals surface area contributed by atoms with Gasteiger partial charge in [0.2, 0.25) is 11.1 Å². The zero-order valence-corrected chi connectivity index (χ0v) is 14.2. The molecular formula is C16H16N6O2S. The lowest BCUT2D eigenvalue weighted by molar-refractivity contribution is -0.113. The second-order valence-corrected chi connectivity index (χ2v) is 5.92. The Labute approximate surface area is 148 Å². The van der Waals surface area contributed by atoms with E-state index < -0.39 is 0 Å². The van der Waals surface area contributed by atoms with E-state index in [0.717, 1.165) is 5.56 Å². The Hall–Kier alpha value is -3.07. The fourth-order valence-electron chi connectivity index (χ4n) is 2.10. The Kier molecular flexibility index (Phi) is 5.14. The van der Waals surface area contributed by atoms with Crippen LogP contribution in [-0.4, -0.2) is 38.6 Å². The lowest BCUT2D eigenvalue weighted by Gasteiger charge is -2.07. The molecule has 2 heterocycles. The first-order valence-electron chi connectivity index (χ1n) is 7.35. The molecule has 0 fully saturated rings. The van der Waals surface area contributed by atoms with Crippen molar-refractivity contribution in [3.63, 3.8) is 0 Å². The number of nitrogen functional groups attached to an aromatic ring is 1. The molecule has 9 heteroatoms. The van der Waals surface area contributed by atoms with E-state index in [1.165, 1.54) is 16.4 Å². The third-order valence-corrected chi connectivity index (χ3v) is 4.23. The van der Waals surface area contributed by atoms with Gasteiger partial charge in [-0.15, -0.1) is 10.2 Å². The summed E-state index contributed by atoms with van der Waals surface area (Å²) in [6, 6.07) is 10.7. The zero-order chi connectivity index (χ0) is 17.6. The number of pyridine rings is 1. The molecule has 0 bridgehead atoms. The van der Waals surface area contributed by atoms with Gasteiger partial charge in [-0.1, -0.05) is 17.8 Å². The minimum atomic E-state index is -0.174. The highest BCUT2D eigenvalue weighted by atomic mass is 32.2. The number of hydrogen-bond acceptors (Lipinski definition) is 7. The van der Waals surface area contributed by atoms with Crippen LogP contribution >= 0.6 is 11.8 Å². The van der Waals surface area contributed by atoms with Crippen molar-refractivity contribution in [2.45, 2.75) is 5.16 Å². The van der Waals surface area contributed by atoms with E-state index in [0.29, 0.717) is 22.4 Å². The molecule has 0 aliphatic rings. The van der Waals surface area contributed by atoms with Crippen LogP contribution in [0.25, 0.3) is 11.4 Å². The molecule has 128 valence electrons. The first kappa shape index (κ1) is 16.8. The molecule has 0 aliphatic heterocycles. The van der Waals surface area contributed by atoms with Crippen LogP contribution in [0.3, 0.4) is 0 Å². The van der Waals surface area contributed by atoms with Crippen LogP contribution in [0.5, 0.6) is 5.75 Å². The molecule has 0 radical (unpaired) electrons. The summed E-state index contributed by atoms with van der Waals surface area (Å²) >= 11 is 1.21. The smallest absolute Gasteiger partial charge is 0.234 e. The second-order valence-electron chi connectivity index (χ2n) is 4.98. The molecule has 3 N–H and O–H groups in total. The molecule has 25 heavy (non-hydrogen) atoms. The van der Waals surface area contributed by atoms with Crippen LogP contribution in [0.4, 0.5) is 5.69 Å². The van der Waals surface area contributed by atoms with E-state index in [9.17, 15) is 4.79 Å². The monoisotopic (exact) mass is 356 g/mol. The molecule has 3 aromatic rings. The van der Waals surface area contributed by atoms with Crippen LogP contribution in [0.2, 0.25) is 0 Å². The highest BCUT2D eigenvalue weighted by molar-refractivity contribution is 7.99. The summed E-state index contributed by atoms with van der Waals surface area (Å²) in [6.07, 6.45) is 3.30. The highest BCUT2D eigenvalue weighted by Gasteiger charge is 2.13. The number of methoxy groups -OCH3 is 1. The van der Waals surface area contributed by atoms with Gasteiger partial charge in [0.15, 0.2) is 5.82 Å². The topological polar surface area (TPSA) is 108 Å². The zero-order valence-electron chi connectivity index (χ0n) is 13.4. The molecule has 3 rings (SSSR count). The van der Waals surface area contributed by atoms with Crippen molar-refractivity contribution in [2.75, 3.05) is 24.0 Å². The quantitative estimate of drug-likeness (QED) is 0.512. The van der Waals surface area contributed by atoms with Gasteiger partial charge in [-0.3, -0.25) is 9.78 Å². The molecule has 1 aromatic carbocycles. The Morgan fingerprint density at radius 1 is 1.28 bits per heavy atom. The summed E-state index contributed by atoms with van der Waals surface area (Å²) in [5.74, 6) is 7.18. The summed E-state index contributed by atoms with van der Waals surface area (Å²) < 4.78 is 6.49. The molecular weight excluding hydrogens is 340 g/mol. The van der Waals surface area contributed by atoms with Crippen molar-refractivity contribution in [3.05, 3.63) is 48.8 Å². The lowest BCUT2D eigenvalue weighted by atomic mass is 10.2. The van der Waals surface area contributed by atoms with E-state index in [2.05, 4.69) is 20.5 Å². The average Bonchev–Trinajstić information content (AvgIpc) is 3.01. The van der Waals surface area contributed by atoms with Gasteiger partial charge >= 0.3 is 0 Å². The fourth-order valence-corrected chi connectivity index (χ4v) is 2.76. The Bertz CT molecular complexity index is 868. The standard InChI is InChI=1S/C16H16N6O2S/c1-24-13-4-2-3-12(9-13)19-14(23)10-25-16-21-20-15(22(16)17)11-5-7-18-8-6-11/h2-9H,10,17H2,1H3,(H,19,23). The number of nitrogens with two attached hydrogens (primary N) is 1. The molecule has 0 aliphatic carbocycles. The van der Waals surface area contributed by atoms with Crippen LogP contribution in [0.1, 0.15) is 0 Å². The van der Waals surface area contributed by atoms with E-state index in [1.54, 1.807) is 49.8 Å². The number of hydrogen-bond donors (Lipinski definition) is 2. The van der Waals surface area contributed by atoms with Gasteiger partial charge in [0.05, 0.1) is 12.9 Å². The molecule has 0 unspecified atom stereocenters. The number of anilines is 1. The molecule has 0 saturated heterocycles. The minimum Gasteiger partial charge on any atom is -0.497 e. The number of ether oxygens (including phenoxy) is 1. The number of carbonyl (C=O) groups excluding carboxylic acids is 1. The fraction of sp³-hybridized carbons (Fsp3) is 0.125. The number of aromatic nitrogens is 4. The van der Waals surface area contributed by atoms with Gasteiger partial charge in [-0.25, -0.2) is 4.68 Å². The Morgan fingerprint density at radius 2 is 2.08 bits per heavy atom. The maximum atomic E-state index is 12.1. The summed E-state index contributed by atoms with van der Waals surface area (Å²) in [6.45, 7) is 0. The van der Waals surface area contributed by atoms with Crippen LogP contribution in [0, 0.1) is 0 Å². The summed E-state index contributed by atoms with van der Waals surface area (Å²) in [7, 11) is 1.57. The van der Waals surface area contributed by atoms with E-state index in [-0.39, 0.29) is 11.7 Å². The van der Waals surface area contributed by atoms with Gasteiger partial charge < -0.3 is 15.9 Å². The number of nitrogens with zero attached hydrogens (tertiary/aromatic N) is 4. The Balaban J connectivity index is 1.62. The predicted octanol–water partition coefficient (Wildman–Crippen LogP) is 1.79. The van der Waals surface area contributed by atoms with Gasteiger partial charge in [-0.05, 0) is 24.3 Å². The van der Waals surface area contributed by atoms with Crippen molar-refractivity contribution in [2.24, 2.45) is 0 Å². The van der Waals surface area contributed by atoms with Crippen molar-refractivity contribution in [1.82, 2.24) is 19.9 Å². The van der Waals surface area contributed by atoms with E-state index in [4.69, 9.17) is 10.6 Å². The first-order chi connectivity index (χ1) is 12.2. The SMILES string of the molecule is COc1cccc(NC(=O)CSc2nnc(-c3ccncc3)n2N)c1. The predicted molar refractivity (Wildman–Crippen MR) is 95.8 cm³/mol. The molecule has 1 amide bonds. The highest BCUT2D eigenvalue weighted by Crippen LogP contribution is 2.21. The van der Waals surface area contributed by atoms with Crippen molar-refractivity contribution in [1.29, 1.82) is 0 Å². The Morgan fingerprint density at radius 3 is 2.84 bits per heavy atom. The maximum absolute atomic E-state index is 12.1. The van der Waals surface area contributed by atoms with Crippen molar-refractivity contribution < 1.29 is 9.53 Å². The molecule has 2 aromatic heterocycles. The van der Waals surface area contributed by atoms with Gasteiger partial charge in [-0.2, -0.15) is 0 Å². The summed E-state index contributed by atoms with van der Waals surface area (Å²) in [5, 5.41) is 11.3. The number of carbonyl (C=O) groups is 1. The number of amides is 1. The van der Waals surface area contributed by atoms with Crippen LogP contribution in [0.15, 0.2) is 53.9 Å². The molecule has 0 saturated carbocycles. The number of benzene rings is 1. The van der Waals surface area contributed by atoms with Crippen LogP contribution < -0.4 is 15.9 Å². The molecule has 0 atom stereocenters. The third kappa shape index (κ3) is 4.07. The lowest BCUT2D eigenvalue weighted by Crippen LogP contribution is -2.16. The van der Waals surface area contributed by atoms with Gasteiger partial charge in [0.25, 0.3) is 0 Å². The largest absolute Gasteiger partial charge is 0.497 e. The van der Waals surface area contributed by atoms with Gasteiger partial charge in [0.1, 0.15) is 5.75 Å². The van der Waals surface area contributed by atoms with Crippen molar-refractivity contribution >= 4 is 23.4 Å². The van der Waals surface area contributed by atoms with E-state index in [1.807, 2.05) is 6.07 Å². The van der Waals surface area contributed by atoms with E-state index >= 15 is 0 Å². The number of rotatable bonds is 6. The number of thioether (sulfide) groups is 1. The van der Waals surface area contributed by atoms with Gasteiger partial charge in [0, 0.05) is 29.7 Å². The molecule has 8 nitrogen and oxygen atoms in total.